The largest absolute Gasteiger partial charge is 0.388 e. The van der Waals surface area contributed by atoms with Crippen molar-refractivity contribution in [1.29, 1.82) is 0 Å². The highest BCUT2D eigenvalue weighted by Gasteiger charge is 2.33. The first-order chi connectivity index (χ1) is 12.1. The lowest BCUT2D eigenvalue weighted by atomic mass is 10.0. The van der Waals surface area contributed by atoms with Gasteiger partial charge in [0, 0.05) is 18.3 Å². The van der Waals surface area contributed by atoms with E-state index in [1.807, 2.05) is 36.4 Å². The first-order valence-electron chi connectivity index (χ1n) is 8.55. The second-order valence-electron chi connectivity index (χ2n) is 6.28. The predicted molar refractivity (Wildman–Crippen MR) is 95.8 cm³/mol. The first kappa shape index (κ1) is 17.2. The Morgan fingerprint density at radius 1 is 1.08 bits per heavy atom. The number of hydrogen-bond donors (Lipinski definition) is 2. The average molecular weight is 338 g/mol. The molecule has 2 aromatic carbocycles. The Morgan fingerprint density at radius 2 is 1.72 bits per heavy atom. The van der Waals surface area contributed by atoms with Crippen LogP contribution in [0, 0.1) is 0 Å². The lowest BCUT2D eigenvalue weighted by molar-refractivity contribution is -0.144. The highest BCUT2D eigenvalue weighted by Crippen LogP contribution is 2.27. The molecule has 3 rings (SSSR count). The maximum absolute atomic E-state index is 12.5. The second-order valence-corrected chi connectivity index (χ2v) is 6.28. The Hall–Kier alpha value is -2.66. The highest BCUT2D eigenvalue weighted by atomic mass is 16.3. The number of hydrogen-bond acceptors (Lipinski definition) is 3. The smallest absolute Gasteiger partial charge is 0.313 e. The number of aliphatic hydroxyl groups is 1. The van der Waals surface area contributed by atoms with E-state index >= 15 is 0 Å². The van der Waals surface area contributed by atoms with Crippen LogP contribution in [-0.4, -0.2) is 34.4 Å². The molecular formula is C20H22N2O3. The summed E-state index contributed by atoms with van der Waals surface area (Å²) in [5, 5.41) is 13.0. The van der Waals surface area contributed by atoms with E-state index in [1.54, 1.807) is 29.2 Å². The van der Waals surface area contributed by atoms with Gasteiger partial charge in [-0.1, -0.05) is 48.5 Å². The molecule has 0 aliphatic carbocycles. The quantitative estimate of drug-likeness (QED) is 0.842. The molecule has 0 bridgehead atoms. The number of anilines is 1. The molecule has 1 aliphatic rings. The molecule has 0 radical (unpaired) electrons. The summed E-state index contributed by atoms with van der Waals surface area (Å²) in [4.78, 5) is 26.3. The fraction of sp³-hybridized carbons (Fsp3) is 0.300. The molecule has 2 aromatic rings. The van der Waals surface area contributed by atoms with Gasteiger partial charge in [-0.15, -0.1) is 0 Å². The van der Waals surface area contributed by atoms with Gasteiger partial charge in [0.1, 0.15) is 0 Å². The third kappa shape index (κ3) is 4.25. The molecule has 1 saturated heterocycles. The van der Waals surface area contributed by atoms with Gasteiger partial charge >= 0.3 is 11.8 Å². The molecule has 130 valence electrons. The van der Waals surface area contributed by atoms with E-state index < -0.39 is 17.9 Å². The van der Waals surface area contributed by atoms with Gasteiger partial charge in [0.2, 0.25) is 0 Å². The van der Waals surface area contributed by atoms with Crippen LogP contribution < -0.4 is 5.32 Å². The molecule has 1 aliphatic heterocycles. The number of aliphatic hydroxyl groups excluding tert-OH is 1. The van der Waals surface area contributed by atoms with Crippen molar-refractivity contribution in [2.75, 3.05) is 11.9 Å². The number of benzene rings is 2. The molecule has 2 N–H and O–H groups in total. The van der Waals surface area contributed by atoms with E-state index in [-0.39, 0.29) is 6.04 Å². The summed E-state index contributed by atoms with van der Waals surface area (Å²) in [6.45, 7) is 0.549. The number of nitrogens with zero attached hydrogens (tertiary/aromatic N) is 1. The van der Waals surface area contributed by atoms with Crippen molar-refractivity contribution >= 4 is 17.5 Å². The number of carbonyl (C=O) groups is 2. The summed E-state index contributed by atoms with van der Waals surface area (Å²) in [5.41, 5.74) is 1.43. The van der Waals surface area contributed by atoms with Crippen LogP contribution in [0.1, 0.15) is 30.9 Å². The third-order valence-electron chi connectivity index (χ3n) is 4.54. The maximum Gasteiger partial charge on any atom is 0.313 e. The van der Waals surface area contributed by atoms with Gasteiger partial charge in [0.05, 0.1) is 6.10 Å². The molecule has 2 unspecified atom stereocenters. The van der Waals surface area contributed by atoms with Crippen LogP contribution in [-0.2, 0) is 9.59 Å². The van der Waals surface area contributed by atoms with E-state index in [0.717, 1.165) is 18.4 Å². The molecule has 0 spiro atoms. The topological polar surface area (TPSA) is 69.6 Å². The van der Waals surface area contributed by atoms with E-state index in [2.05, 4.69) is 5.32 Å². The minimum Gasteiger partial charge on any atom is -0.388 e. The molecule has 1 heterocycles. The Bertz CT molecular complexity index is 718. The average Bonchev–Trinajstić information content (AvgIpc) is 3.10. The van der Waals surface area contributed by atoms with Crippen molar-refractivity contribution in [1.82, 2.24) is 4.90 Å². The molecule has 1 fully saturated rings. The van der Waals surface area contributed by atoms with Gasteiger partial charge in [-0.25, -0.2) is 0 Å². The van der Waals surface area contributed by atoms with E-state index in [9.17, 15) is 14.7 Å². The van der Waals surface area contributed by atoms with Gasteiger partial charge in [-0.05, 0) is 37.0 Å². The van der Waals surface area contributed by atoms with E-state index in [1.165, 1.54) is 0 Å². The normalized spacial score (nSPS) is 18.0. The lowest BCUT2D eigenvalue weighted by Gasteiger charge is -2.26. The standard InChI is InChI=1S/C20H22N2O3/c23-18(15-8-3-1-4-9-15)14-17-12-7-13-22(17)20(25)19(24)21-16-10-5-2-6-11-16/h1-6,8-11,17-18,23H,7,12-14H2,(H,21,24). The van der Waals surface area contributed by atoms with Crippen LogP contribution in [0.15, 0.2) is 60.7 Å². The summed E-state index contributed by atoms with van der Waals surface area (Å²) in [6, 6.07) is 18.2. The molecular weight excluding hydrogens is 316 g/mol. The monoisotopic (exact) mass is 338 g/mol. The molecule has 5 heteroatoms. The maximum atomic E-state index is 12.5. The van der Waals surface area contributed by atoms with Crippen molar-refractivity contribution in [3.8, 4) is 0 Å². The van der Waals surface area contributed by atoms with Crippen molar-refractivity contribution in [3.05, 3.63) is 66.2 Å². The number of para-hydroxylation sites is 1. The molecule has 0 saturated carbocycles. The molecule has 2 atom stereocenters. The molecule has 0 aromatic heterocycles. The van der Waals surface area contributed by atoms with Gasteiger partial charge in [0.15, 0.2) is 0 Å². The van der Waals surface area contributed by atoms with Crippen LogP contribution in [0.2, 0.25) is 0 Å². The minimum atomic E-state index is -0.642. The van der Waals surface area contributed by atoms with Crippen LogP contribution in [0.25, 0.3) is 0 Å². The molecule has 2 amide bonds. The predicted octanol–water partition coefficient (Wildman–Crippen LogP) is 2.74. The van der Waals surface area contributed by atoms with Crippen LogP contribution >= 0.6 is 0 Å². The molecule has 5 nitrogen and oxygen atoms in total. The number of amides is 2. The van der Waals surface area contributed by atoms with Crippen molar-refractivity contribution in [3.63, 3.8) is 0 Å². The summed E-state index contributed by atoms with van der Waals surface area (Å²) >= 11 is 0. The summed E-state index contributed by atoms with van der Waals surface area (Å²) in [6.07, 6.45) is 1.44. The summed E-state index contributed by atoms with van der Waals surface area (Å²) in [5.74, 6) is -1.17. The SMILES string of the molecule is O=C(Nc1ccccc1)C(=O)N1CCCC1CC(O)c1ccccc1. The van der Waals surface area contributed by atoms with E-state index in [0.29, 0.717) is 18.7 Å². The second kappa shape index (κ2) is 7.94. The first-order valence-corrected chi connectivity index (χ1v) is 8.55. The van der Waals surface area contributed by atoms with E-state index in [4.69, 9.17) is 0 Å². The third-order valence-corrected chi connectivity index (χ3v) is 4.54. The zero-order valence-electron chi connectivity index (χ0n) is 14.0. The van der Waals surface area contributed by atoms with Gasteiger partial charge in [0.25, 0.3) is 0 Å². The van der Waals surface area contributed by atoms with Crippen molar-refractivity contribution in [2.45, 2.75) is 31.4 Å². The Morgan fingerprint density at radius 3 is 2.40 bits per heavy atom. The highest BCUT2D eigenvalue weighted by molar-refractivity contribution is 6.39. The zero-order valence-corrected chi connectivity index (χ0v) is 14.0. The summed E-state index contributed by atoms with van der Waals surface area (Å²) in [7, 11) is 0. The fourth-order valence-corrected chi connectivity index (χ4v) is 3.25. The van der Waals surface area contributed by atoms with Crippen molar-refractivity contribution in [2.24, 2.45) is 0 Å². The van der Waals surface area contributed by atoms with Gasteiger partial charge < -0.3 is 15.3 Å². The van der Waals surface area contributed by atoms with Gasteiger partial charge in [-0.3, -0.25) is 9.59 Å². The number of nitrogens with one attached hydrogen (secondary N) is 1. The number of likely N-dealkylation sites (tertiary alicyclic amines) is 1. The minimum absolute atomic E-state index is 0.121. The fourth-order valence-electron chi connectivity index (χ4n) is 3.25. The van der Waals surface area contributed by atoms with Crippen LogP contribution in [0.4, 0.5) is 5.69 Å². The Kier molecular flexibility index (Phi) is 5.46. The Labute approximate surface area is 147 Å². The van der Waals surface area contributed by atoms with Crippen molar-refractivity contribution < 1.29 is 14.7 Å². The number of rotatable bonds is 4. The lowest BCUT2D eigenvalue weighted by Crippen LogP contribution is -2.43. The van der Waals surface area contributed by atoms with Crippen LogP contribution in [0.3, 0.4) is 0 Å². The van der Waals surface area contributed by atoms with Crippen LogP contribution in [0.5, 0.6) is 0 Å². The Balaban J connectivity index is 1.62. The van der Waals surface area contributed by atoms with Gasteiger partial charge in [-0.2, -0.15) is 0 Å². The molecule has 25 heavy (non-hydrogen) atoms. The number of carbonyl (C=O) groups excluding carboxylic acids is 2. The summed E-state index contributed by atoms with van der Waals surface area (Å²) < 4.78 is 0. The zero-order chi connectivity index (χ0) is 17.6.